The van der Waals surface area contributed by atoms with E-state index in [0.29, 0.717) is 15.4 Å². The lowest BCUT2D eigenvalue weighted by molar-refractivity contribution is -0.116. The Kier molecular flexibility index (Phi) is 5.20. The first-order chi connectivity index (χ1) is 10.3. The number of rotatable bonds is 6. The number of thiazole rings is 1. The van der Waals surface area contributed by atoms with Gasteiger partial charge in [0.2, 0.25) is 0 Å². The van der Waals surface area contributed by atoms with Gasteiger partial charge in [-0.2, -0.15) is 8.42 Å². The smallest absolute Gasteiger partial charge is 0.280 e. The highest BCUT2D eigenvalue weighted by molar-refractivity contribution is 9.11. The molecule has 0 amide bonds. The summed E-state index contributed by atoms with van der Waals surface area (Å²) in [5, 5.41) is 1.36. The maximum absolute atomic E-state index is 12.2. The maximum Gasteiger partial charge on any atom is 0.280 e. The minimum atomic E-state index is -3.79. The Bertz CT molecular complexity index is 802. The van der Waals surface area contributed by atoms with E-state index in [1.54, 1.807) is 18.2 Å². The summed E-state index contributed by atoms with van der Waals surface area (Å²) >= 11 is 4.31. The number of halogens is 1. The van der Waals surface area contributed by atoms with Crippen LogP contribution in [0.5, 0.6) is 5.75 Å². The zero-order valence-electron chi connectivity index (χ0n) is 11.8. The molecule has 2 rings (SSSR count). The average Bonchev–Trinajstić information content (AvgIpc) is 2.87. The van der Waals surface area contributed by atoms with Gasteiger partial charge < -0.3 is 4.74 Å². The third-order valence-corrected chi connectivity index (χ3v) is 5.46. The standard InChI is InChI=1S/C13H13BrN2O4S2/c1-8(17)5-9-3-4-10(11(6-9)20-2)16-22(18,19)12-7-21-13(14)15-12/h3-4,6-7,16H,5H2,1-2H3. The molecule has 0 spiro atoms. The van der Waals surface area contributed by atoms with Gasteiger partial charge in [-0.25, -0.2) is 4.98 Å². The summed E-state index contributed by atoms with van der Waals surface area (Å²) in [5.74, 6) is 0.360. The molecule has 1 aromatic carbocycles. The van der Waals surface area contributed by atoms with Gasteiger partial charge in [0.15, 0.2) is 8.94 Å². The summed E-state index contributed by atoms with van der Waals surface area (Å²) in [6, 6.07) is 4.88. The topological polar surface area (TPSA) is 85.4 Å². The van der Waals surface area contributed by atoms with E-state index < -0.39 is 10.0 Å². The molecule has 0 atom stereocenters. The zero-order chi connectivity index (χ0) is 16.3. The van der Waals surface area contributed by atoms with Crippen LogP contribution >= 0.6 is 27.3 Å². The Balaban J connectivity index is 2.31. The largest absolute Gasteiger partial charge is 0.495 e. The molecule has 1 N–H and O–H groups in total. The Labute approximate surface area is 140 Å². The van der Waals surface area contributed by atoms with Crippen molar-refractivity contribution in [3.8, 4) is 5.75 Å². The van der Waals surface area contributed by atoms with Gasteiger partial charge in [-0.3, -0.25) is 9.52 Å². The monoisotopic (exact) mass is 404 g/mol. The fourth-order valence-corrected chi connectivity index (χ4v) is 4.25. The Morgan fingerprint density at radius 3 is 2.73 bits per heavy atom. The highest BCUT2D eigenvalue weighted by Crippen LogP contribution is 2.29. The van der Waals surface area contributed by atoms with Crippen molar-refractivity contribution < 1.29 is 17.9 Å². The molecule has 1 aromatic heterocycles. The molecule has 118 valence electrons. The van der Waals surface area contributed by atoms with Gasteiger partial charge in [-0.15, -0.1) is 11.3 Å². The van der Waals surface area contributed by atoms with Gasteiger partial charge in [-0.1, -0.05) is 6.07 Å². The van der Waals surface area contributed by atoms with Crippen LogP contribution in [0.4, 0.5) is 5.69 Å². The van der Waals surface area contributed by atoms with Gasteiger partial charge in [0.1, 0.15) is 11.5 Å². The number of nitrogens with zero attached hydrogens (tertiary/aromatic N) is 1. The molecule has 0 aliphatic rings. The molecule has 0 saturated heterocycles. The SMILES string of the molecule is COc1cc(CC(C)=O)ccc1NS(=O)(=O)c1csc(Br)n1. The van der Waals surface area contributed by atoms with E-state index in [-0.39, 0.29) is 17.2 Å². The molecule has 0 unspecified atom stereocenters. The Morgan fingerprint density at radius 1 is 1.45 bits per heavy atom. The number of carbonyl (C=O) groups is 1. The summed E-state index contributed by atoms with van der Waals surface area (Å²) in [5.41, 5.74) is 1.04. The van der Waals surface area contributed by atoms with Crippen molar-refractivity contribution in [3.05, 3.63) is 33.1 Å². The van der Waals surface area contributed by atoms with E-state index in [9.17, 15) is 13.2 Å². The van der Waals surface area contributed by atoms with E-state index in [1.165, 1.54) is 30.8 Å². The van der Waals surface area contributed by atoms with Crippen molar-refractivity contribution in [3.63, 3.8) is 0 Å². The second kappa shape index (κ2) is 6.76. The minimum Gasteiger partial charge on any atom is -0.495 e. The van der Waals surface area contributed by atoms with Crippen LogP contribution < -0.4 is 9.46 Å². The first-order valence-electron chi connectivity index (χ1n) is 6.12. The molecule has 0 saturated carbocycles. The van der Waals surface area contributed by atoms with Crippen LogP contribution in [-0.2, 0) is 21.2 Å². The number of ketones is 1. The van der Waals surface area contributed by atoms with Crippen LogP contribution in [0.25, 0.3) is 0 Å². The molecule has 22 heavy (non-hydrogen) atoms. The molecule has 0 bridgehead atoms. The van der Waals surface area contributed by atoms with E-state index in [0.717, 1.165) is 5.56 Å². The van der Waals surface area contributed by atoms with E-state index in [2.05, 4.69) is 25.6 Å². The summed E-state index contributed by atoms with van der Waals surface area (Å²) in [6.45, 7) is 1.49. The van der Waals surface area contributed by atoms with Gasteiger partial charge >= 0.3 is 0 Å². The molecular formula is C13H13BrN2O4S2. The summed E-state index contributed by atoms with van der Waals surface area (Å²) < 4.78 is 32.6. The third kappa shape index (κ3) is 4.05. The van der Waals surface area contributed by atoms with Gasteiger partial charge in [0, 0.05) is 11.8 Å². The molecular weight excluding hydrogens is 392 g/mol. The Morgan fingerprint density at radius 2 is 2.18 bits per heavy atom. The number of sulfonamides is 1. The van der Waals surface area contributed by atoms with Crippen LogP contribution in [0.2, 0.25) is 0 Å². The van der Waals surface area contributed by atoms with Crippen LogP contribution in [0.1, 0.15) is 12.5 Å². The van der Waals surface area contributed by atoms with E-state index >= 15 is 0 Å². The van der Waals surface area contributed by atoms with Gasteiger partial charge in [0.05, 0.1) is 12.8 Å². The normalized spacial score (nSPS) is 11.2. The molecule has 9 heteroatoms. The van der Waals surface area contributed by atoms with E-state index in [4.69, 9.17) is 4.74 Å². The number of Topliss-reactive ketones (excluding diaryl/α,β-unsaturated/α-hetero) is 1. The summed E-state index contributed by atoms with van der Waals surface area (Å²) in [6.07, 6.45) is 0.266. The second-order valence-corrected chi connectivity index (χ2v) is 8.22. The predicted molar refractivity (Wildman–Crippen MR) is 88.0 cm³/mol. The number of aromatic nitrogens is 1. The fraction of sp³-hybridized carbons (Fsp3) is 0.231. The van der Waals surface area contributed by atoms with Gasteiger partial charge in [-0.05, 0) is 40.5 Å². The molecule has 0 radical (unpaired) electrons. The average molecular weight is 405 g/mol. The van der Waals surface area contributed by atoms with Crippen molar-refractivity contribution >= 4 is 48.8 Å². The lowest BCUT2D eigenvalue weighted by atomic mass is 10.1. The number of methoxy groups -OCH3 is 1. The van der Waals surface area contributed by atoms with Crippen LogP contribution in [0.3, 0.4) is 0 Å². The highest BCUT2D eigenvalue weighted by atomic mass is 79.9. The maximum atomic E-state index is 12.2. The zero-order valence-corrected chi connectivity index (χ0v) is 15.0. The summed E-state index contributed by atoms with van der Waals surface area (Å²) in [7, 11) is -2.35. The van der Waals surface area contributed by atoms with E-state index in [1.807, 2.05) is 0 Å². The van der Waals surface area contributed by atoms with Crippen LogP contribution in [-0.4, -0.2) is 26.3 Å². The van der Waals surface area contributed by atoms with Crippen molar-refractivity contribution in [1.29, 1.82) is 0 Å². The fourth-order valence-electron chi connectivity index (χ4n) is 1.78. The Hall–Kier alpha value is -1.45. The first kappa shape index (κ1) is 16.9. The second-order valence-electron chi connectivity index (χ2n) is 4.46. The first-order valence-corrected chi connectivity index (χ1v) is 9.27. The molecule has 0 aliphatic heterocycles. The van der Waals surface area contributed by atoms with Crippen molar-refractivity contribution in [2.75, 3.05) is 11.8 Å². The number of ether oxygens (including phenoxy) is 1. The number of anilines is 1. The number of hydrogen-bond acceptors (Lipinski definition) is 6. The van der Waals surface area contributed by atoms with Crippen LogP contribution in [0.15, 0.2) is 32.5 Å². The molecule has 1 heterocycles. The number of carbonyl (C=O) groups excluding carboxylic acids is 1. The number of nitrogens with one attached hydrogen (secondary N) is 1. The lowest BCUT2D eigenvalue weighted by Gasteiger charge is -2.12. The van der Waals surface area contributed by atoms with Crippen molar-refractivity contribution in [1.82, 2.24) is 4.98 Å². The lowest BCUT2D eigenvalue weighted by Crippen LogP contribution is -2.14. The predicted octanol–water partition coefficient (Wildman–Crippen LogP) is 2.85. The van der Waals surface area contributed by atoms with Crippen LogP contribution in [0, 0.1) is 0 Å². The highest BCUT2D eigenvalue weighted by Gasteiger charge is 2.20. The quantitative estimate of drug-likeness (QED) is 0.799. The van der Waals surface area contributed by atoms with Crippen molar-refractivity contribution in [2.45, 2.75) is 18.4 Å². The minimum absolute atomic E-state index is 0.0164. The molecule has 6 nitrogen and oxygen atoms in total. The third-order valence-electron chi connectivity index (χ3n) is 2.69. The molecule has 0 fully saturated rings. The molecule has 2 aromatic rings. The number of hydrogen-bond donors (Lipinski definition) is 1. The van der Waals surface area contributed by atoms with Gasteiger partial charge in [0.25, 0.3) is 10.0 Å². The van der Waals surface area contributed by atoms with Crippen molar-refractivity contribution in [2.24, 2.45) is 0 Å². The number of benzene rings is 1. The summed E-state index contributed by atoms with van der Waals surface area (Å²) in [4.78, 5) is 15.0. The molecule has 0 aliphatic carbocycles.